The molecule has 3 rings (SSSR count). The zero-order chi connectivity index (χ0) is 15.7. The number of likely N-dealkylation sites (N-methyl/N-ethyl adjacent to an activating group) is 1. The number of piperazine rings is 1. The third-order valence-electron chi connectivity index (χ3n) is 3.91. The molecule has 2 aromatic heterocycles. The van der Waals surface area contributed by atoms with Crippen LogP contribution in [0.4, 0.5) is 5.69 Å². The van der Waals surface area contributed by atoms with Crippen molar-refractivity contribution in [1.82, 2.24) is 9.88 Å². The fourth-order valence-electron chi connectivity index (χ4n) is 2.75. The quantitative estimate of drug-likeness (QED) is 0.868. The zero-order valence-corrected chi connectivity index (χ0v) is 13.5. The topological polar surface area (TPSA) is 65.6 Å². The first kappa shape index (κ1) is 15.1. The summed E-state index contributed by atoms with van der Waals surface area (Å²) >= 11 is 1.47. The molecule has 118 valence electrons. The number of carbonyl (C=O) groups excluding carboxylic acids is 1. The summed E-state index contributed by atoms with van der Waals surface area (Å²) in [5.74, 6) is -0.550. The lowest BCUT2D eigenvalue weighted by Crippen LogP contribution is -2.45. The zero-order valence-electron chi connectivity index (χ0n) is 12.7. The van der Waals surface area contributed by atoms with Gasteiger partial charge in [0.15, 0.2) is 0 Å². The summed E-state index contributed by atoms with van der Waals surface area (Å²) in [4.78, 5) is 32.6. The number of anilines is 1. The SMILES string of the molecule is CCOC(=O)c1c(N2CCN(C)CC2)c2ccsc2[nH]c1=O. The fraction of sp³-hybridized carbons (Fsp3) is 0.467. The first-order chi connectivity index (χ1) is 10.6. The van der Waals surface area contributed by atoms with Crippen molar-refractivity contribution >= 4 is 33.2 Å². The van der Waals surface area contributed by atoms with Gasteiger partial charge in [0.2, 0.25) is 0 Å². The van der Waals surface area contributed by atoms with E-state index in [0.717, 1.165) is 36.4 Å². The predicted molar refractivity (Wildman–Crippen MR) is 88.1 cm³/mol. The van der Waals surface area contributed by atoms with E-state index in [1.807, 2.05) is 11.4 Å². The van der Waals surface area contributed by atoms with Crippen molar-refractivity contribution in [2.45, 2.75) is 6.92 Å². The molecule has 3 heterocycles. The van der Waals surface area contributed by atoms with E-state index in [0.29, 0.717) is 5.69 Å². The molecule has 1 fully saturated rings. The van der Waals surface area contributed by atoms with Crippen LogP contribution in [0, 0.1) is 0 Å². The number of aromatic amines is 1. The normalized spacial score (nSPS) is 16.2. The van der Waals surface area contributed by atoms with Crippen molar-refractivity contribution in [3.8, 4) is 0 Å². The Balaban J connectivity index is 2.15. The Bertz CT molecular complexity index is 744. The van der Waals surface area contributed by atoms with Gasteiger partial charge in [-0.05, 0) is 25.4 Å². The third kappa shape index (κ3) is 2.62. The molecule has 0 bridgehead atoms. The van der Waals surface area contributed by atoms with Gasteiger partial charge in [0, 0.05) is 31.6 Å². The molecule has 0 radical (unpaired) electrons. The molecule has 1 N–H and O–H groups in total. The second-order valence-electron chi connectivity index (χ2n) is 5.35. The second kappa shape index (κ2) is 6.10. The van der Waals surface area contributed by atoms with Crippen molar-refractivity contribution in [2.75, 3.05) is 44.7 Å². The Morgan fingerprint density at radius 3 is 2.77 bits per heavy atom. The lowest BCUT2D eigenvalue weighted by Gasteiger charge is -2.35. The van der Waals surface area contributed by atoms with Crippen molar-refractivity contribution in [2.24, 2.45) is 0 Å². The van der Waals surface area contributed by atoms with Crippen LogP contribution in [0.3, 0.4) is 0 Å². The summed E-state index contributed by atoms with van der Waals surface area (Å²) in [5.41, 5.74) is 0.464. The summed E-state index contributed by atoms with van der Waals surface area (Å²) in [6.07, 6.45) is 0. The number of nitrogens with zero attached hydrogens (tertiary/aromatic N) is 2. The molecule has 0 amide bonds. The number of H-pyrrole nitrogens is 1. The molecule has 0 aliphatic carbocycles. The first-order valence-electron chi connectivity index (χ1n) is 7.36. The number of pyridine rings is 1. The molecule has 2 aromatic rings. The number of rotatable bonds is 3. The van der Waals surface area contributed by atoms with Crippen LogP contribution in [0.15, 0.2) is 16.2 Å². The standard InChI is InChI=1S/C15H19N3O3S/c1-3-21-15(20)11-12(18-7-5-17(2)6-8-18)10-4-9-22-14(10)16-13(11)19/h4,9H,3,5-8H2,1-2H3,(H,16,19). The van der Waals surface area contributed by atoms with Gasteiger partial charge in [-0.25, -0.2) is 4.79 Å². The Morgan fingerprint density at radius 1 is 1.36 bits per heavy atom. The van der Waals surface area contributed by atoms with Crippen LogP contribution in [-0.4, -0.2) is 55.7 Å². The average Bonchev–Trinajstić information content (AvgIpc) is 2.94. The number of esters is 1. The van der Waals surface area contributed by atoms with E-state index < -0.39 is 5.97 Å². The highest BCUT2D eigenvalue weighted by Crippen LogP contribution is 2.31. The number of hydrogen-bond acceptors (Lipinski definition) is 6. The fourth-order valence-corrected chi connectivity index (χ4v) is 3.54. The van der Waals surface area contributed by atoms with Gasteiger partial charge in [-0.2, -0.15) is 0 Å². The molecule has 0 aromatic carbocycles. The van der Waals surface area contributed by atoms with Gasteiger partial charge in [0.1, 0.15) is 10.4 Å². The summed E-state index contributed by atoms with van der Waals surface area (Å²) in [7, 11) is 2.07. The van der Waals surface area contributed by atoms with E-state index in [2.05, 4.69) is 21.8 Å². The number of fused-ring (bicyclic) bond motifs is 1. The highest BCUT2D eigenvalue weighted by molar-refractivity contribution is 7.16. The number of ether oxygens (including phenoxy) is 1. The molecule has 1 saturated heterocycles. The van der Waals surface area contributed by atoms with Gasteiger partial charge < -0.3 is 19.5 Å². The van der Waals surface area contributed by atoms with E-state index >= 15 is 0 Å². The van der Waals surface area contributed by atoms with Crippen molar-refractivity contribution in [1.29, 1.82) is 0 Å². The minimum Gasteiger partial charge on any atom is -0.462 e. The van der Waals surface area contributed by atoms with Crippen LogP contribution in [0.25, 0.3) is 10.2 Å². The third-order valence-corrected chi connectivity index (χ3v) is 4.74. The van der Waals surface area contributed by atoms with E-state index in [1.54, 1.807) is 6.92 Å². The Hall–Kier alpha value is -1.86. The van der Waals surface area contributed by atoms with Crippen molar-refractivity contribution in [3.63, 3.8) is 0 Å². The molecule has 0 saturated carbocycles. The molecule has 0 spiro atoms. The molecule has 0 atom stereocenters. The monoisotopic (exact) mass is 321 g/mol. The van der Waals surface area contributed by atoms with Crippen LogP contribution in [0.5, 0.6) is 0 Å². The lowest BCUT2D eigenvalue weighted by atomic mass is 10.1. The van der Waals surface area contributed by atoms with Gasteiger partial charge in [-0.3, -0.25) is 4.79 Å². The van der Waals surface area contributed by atoms with Crippen LogP contribution < -0.4 is 10.5 Å². The van der Waals surface area contributed by atoms with Gasteiger partial charge in [-0.1, -0.05) is 0 Å². The number of aromatic nitrogens is 1. The first-order valence-corrected chi connectivity index (χ1v) is 8.24. The minimum absolute atomic E-state index is 0.123. The Kier molecular flexibility index (Phi) is 4.17. The van der Waals surface area contributed by atoms with E-state index in [1.165, 1.54) is 11.3 Å². The molecule has 0 unspecified atom stereocenters. The summed E-state index contributed by atoms with van der Waals surface area (Å²) < 4.78 is 5.09. The van der Waals surface area contributed by atoms with E-state index in [-0.39, 0.29) is 17.7 Å². The van der Waals surface area contributed by atoms with Gasteiger partial charge >= 0.3 is 5.97 Å². The minimum atomic E-state index is -0.550. The highest BCUT2D eigenvalue weighted by atomic mass is 32.1. The van der Waals surface area contributed by atoms with Crippen molar-refractivity contribution in [3.05, 3.63) is 27.4 Å². The van der Waals surface area contributed by atoms with Crippen LogP contribution >= 0.6 is 11.3 Å². The molecule has 1 aliphatic rings. The predicted octanol–water partition coefficient (Wildman–Crippen LogP) is 1.52. The maximum Gasteiger partial charge on any atom is 0.345 e. The van der Waals surface area contributed by atoms with E-state index in [9.17, 15) is 9.59 Å². The second-order valence-corrected chi connectivity index (χ2v) is 6.27. The van der Waals surface area contributed by atoms with Gasteiger partial charge in [0.05, 0.1) is 12.3 Å². The Morgan fingerprint density at radius 2 is 2.09 bits per heavy atom. The average molecular weight is 321 g/mol. The molecule has 22 heavy (non-hydrogen) atoms. The maximum absolute atomic E-state index is 12.4. The molecular formula is C15H19N3O3S. The maximum atomic E-state index is 12.4. The van der Waals surface area contributed by atoms with Crippen molar-refractivity contribution < 1.29 is 9.53 Å². The highest BCUT2D eigenvalue weighted by Gasteiger charge is 2.26. The molecular weight excluding hydrogens is 302 g/mol. The molecule has 7 heteroatoms. The summed E-state index contributed by atoms with van der Waals surface area (Å²) in [6, 6.07) is 1.95. The number of hydrogen-bond donors (Lipinski definition) is 1. The smallest absolute Gasteiger partial charge is 0.345 e. The van der Waals surface area contributed by atoms with E-state index in [4.69, 9.17) is 4.74 Å². The summed E-state index contributed by atoms with van der Waals surface area (Å²) in [6.45, 7) is 5.38. The van der Waals surface area contributed by atoms with Crippen LogP contribution in [0.2, 0.25) is 0 Å². The summed E-state index contributed by atoms with van der Waals surface area (Å²) in [5, 5.41) is 2.84. The Labute approximate surface area is 132 Å². The number of nitrogens with one attached hydrogen (secondary N) is 1. The number of carbonyl (C=O) groups is 1. The lowest BCUT2D eigenvalue weighted by molar-refractivity contribution is 0.0525. The van der Waals surface area contributed by atoms with Gasteiger partial charge in [-0.15, -0.1) is 11.3 Å². The largest absolute Gasteiger partial charge is 0.462 e. The molecule has 1 aliphatic heterocycles. The molecule has 6 nitrogen and oxygen atoms in total. The van der Waals surface area contributed by atoms with Crippen LogP contribution in [0.1, 0.15) is 17.3 Å². The number of thiophene rings is 1. The van der Waals surface area contributed by atoms with Crippen LogP contribution in [-0.2, 0) is 4.74 Å². The van der Waals surface area contributed by atoms with Gasteiger partial charge in [0.25, 0.3) is 5.56 Å².